The lowest BCUT2D eigenvalue weighted by atomic mass is 10.1. The van der Waals surface area contributed by atoms with Crippen molar-refractivity contribution in [1.82, 2.24) is 5.32 Å². The molecule has 0 aromatic carbocycles. The molecule has 9 nitrogen and oxygen atoms in total. The van der Waals surface area contributed by atoms with Crippen LogP contribution in [0.4, 0.5) is 0 Å². The molecule has 47 heavy (non-hydrogen) atoms. The van der Waals surface area contributed by atoms with Crippen LogP contribution >= 0.6 is 7.82 Å². The summed E-state index contributed by atoms with van der Waals surface area (Å²) >= 11 is 0. The first-order valence-electron chi connectivity index (χ1n) is 18.1. The number of hydrogen-bond acceptors (Lipinski definition) is 7. The first-order chi connectivity index (χ1) is 22.8. The standard InChI is InChI=1S/C37H66NO8P/c1-3-5-7-9-11-13-15-17-19-21-23-25-27-29-36(40)38-31-32-45-47(42,43)46-34-35(39)33-44-37(41)30-28-26-24-22-20-18-16-14-12-10-8-6-4-2/h7-10,13-16,35,39H,3-6,11-12,17-34H2,1-2H3,(H,38,40)(H,42,43)/b9-7-,10-8-,15-13-,16-14-. The number of unbranched alkanes of at least 4 members (excludes halogenated alkanes) is 12. The maximum absolute atomic E-state index is 12.0. The van der Waals surface area contributed by atoms with Gasteiger partial charge in [-0.1, -0.05) is 114 Å². The molecule has 0 aliphatic carbocycles. The summed E-state index contributed by atoms with van der Waals surface area (Å²) in [4.78, 5) is 33.7. The molecule has 0 aromatic rings. The summed E-state index contributed by atoms with van der Waals surface area (Å²) in [6.45, 7) is 3.36. The van der Waals surface area contributed by atoms with Crippen molar-refractivity contribution in [2.24, 2.45) is 0 Å². The maximum atomic E-state index is 12.0. The molecule has 1 amide bonds. The van der Waals surface area contributed by atoms with Gasteiger partial charge in [-0.05, 0) is 64.2 Å². The highest BCUT2D eigenvalue weighted by molar-refractivity contribution is 7.47. The van der Waals surface area contributed by atoms with Crippen LogP contribution in [0.25, 0.3) is 0 Å². The maximum Gasteiger partial charge on any atom is 0.472 e. The van der Waals surface area contributed by atoms with Crippen molar-refractivity contribution in [1.29, 1.82) is 0 Å². The van der Waals surface area contributed by atoms with E-state index in [2.05, 4.69) is 67.8 Å². The van der Waals surface area contributed by atoms with Crippen LogP contribution in [0.2, 0.25) is 0 Å². The normalized spacial score (nSPS) is 14.0. The van der Waals surface area contributed by atoms with Crippen molar-refractivity contribution in [2.45, 2.75) is 148 Å². The van der Waals surface area contributed by atoms with Gasteiger partial charge in [-0.15, -0.1) is 0 Å². The van der Waals surface area contributed by atoms with Gasteiger partial charge in [0.15, 0.2) is 0 Å². The molecule has 0 rings (SSSR count). The number of aliphatic hydroxyl groups excluding tert-OH is 1. The van der Waals surface area contributed by atoms with Crippen molar-refractivity contribution in [3.63, 3.8) is 0 Å². The molecule has 0 aromatic heterocycles. The molecule has 3 N–H and O–H groups in total. The lowest BCUT2D eigenvalue weighted by Gasteiger charge is -2.15. The SMILES string of the molecule is CCC/C=C\C/C=C\CCCCCCCC(=O)NCCOP(=O)(O)OCC(O)COC(=O)CCCCCCC/C=C\C/C=C\CCC. The number of aliphatic hydroxyl groups is 1. The van der Waals surface area contributed by atoms with Crippen LogP contribution in [0.15, 0.2) is 48.6 Å². The largest absolute Gasteiger partial charge is 0.472 e. The Labute approximate surface area is 285 Å². The van der Waals surface area contributed by atoms with Gasteiger partial charge in [-0.3, -0.25) is 18.6 Å². The van der Waals surface area contributed by atoms with Crippen LogP contribution in [0.3, 0.4) is 0 Å². The highest BCUT2D eigenvalue weighted by Crippen LogP contribution is 2.42. The Morgan fingerprint density at radius 3 is 1.70 bits per heavy atom. The summed E-state index contributed by atoms with van der Waals surface area (Å²) in [5, 5.41) is 12.6. The summed E-state index contributed by atoms with van der Waals surface area (Å²) in [6, 6.07) is 0. The molecule has 2 unspecified atom stereocenters. The Bertz CT molecular complexity index is 918. The van der Waals surface area contributed by atoms with Gasteiger partial charge in [-0.2, -0.15) is 0 Å². The average Bonchev–Trinajstić information content (AvgIpc) is 3.05. The lowest BCUT2D eigenvalue weighted by Crippen LogP contribution is -2.27. The summed E-state index contributed by atoms with van der Waals surface area (Å²) in [6.07, 6.45) is 36.1. The number of rotatable bonds is 33. The third-order valence-electron chi connectivity index (χ3n) is 7.19. The molecule has 2 atom stereocenters. The fourth-order valence-corrected chi connectivity index (χ4v) is 5.21. The third-order valence-corrected chi connectivity index (χ3v) is 8.18. The average molecular weight is 684 g/mol. The molecule has 272 valence electrons. The Hall–Kier alpha value is -2.03. The van der Waals surface area contributed by atoms with Crippen LogP contribution in [-0.2, 0) is 27.9 Å². The second kappa shape index (κ2) is 33.9. The second-order valence-electron chi connectivity index (χ2n) is 11.8. The van der Waals surface area contributed by atoms with E-state index >= 15 is 0 Å². The molecule has 0 bridgehead atoms. The van der Waals surface area contributed by atoms with Gasteiger partial charge in [0.2, 0.25) is 5.91 Å². The quantitative estimate of drug-likeness (QED) is 0.0270. The van der Waals surface area contributed by atoms with Crippen LogP contribution in [0, 0.1) is 0 Å². The molecule has 0 fully saturated rings. The van der Waals surface area contributed by atoms with Crippen LogP contribution in [0.1, 0.15) is 142 Å². The number of phosphoric ester groups is 1. The molecule has 0 radical (unpaired) electrons. The van der Waals surface area contributed by atoms with E-state index in [0.717, 1.165) is 103 Å². The Morgan fingerprint density at radius 1 is 0.660 bits per heavy atom. The van der Waals surface area contributed by atoms with Gasteiger partial charge in [0.1, 0.15) is 12.7 Å². The van der Waals surface area contributed by atoms with Crippen molar-refractivity contribution in [3.8, 4) is 0 Å². The van der Waals surface area contributed by atoms with Gasteiger partial charge < -0.3 is 20.1 Å². The summed E-state index contributed by atoms with van der Waals surface area (Å²) < 4.78 is 26.7. The second-order valence-corrected chi connectivity index (χ2v) is 13.3. The first-order valence-corrected chi connectivity index (χ1v) is 19.6. The fraction of sp³-hybridized carbons (Fsp3) is 0.730. The molecule has 0 aliphatic rings. The van der Waals surface area contributed by atoms with Crippen molar-refractivity contribution < 1.29 is 37.9 Å². The number of hydrogen-bond donors (Lipinski definition) is 3. The zero-order valence-electron chi connectivity index (χ0n) is 29.5. The minimum absolute atomic E-state index is 0.0704. The minimum Gasteiger partial charge on any atom is -0.463 e. The Morgan fingerprint density at radius 2 is 1.15 bits per heavy atom. The minimum atomic E-state index is -4.42. The topological polar surface area (TPSA) is 131 Å². The molecular weight excluding hydrogens is 617 g/mol. The molecule has 0 saturated heterocycles. The zero-order chi connectivity index (χ0) is 34.7. The highest BCUT2D eigenvalue weighted by atomic mass is 31.2. The summed E-state index contributed by atoms with van der Waals surface area (Å²) in [7, 11) is -4.42. The Balaban J connectivity index is 3.68. The van der Waals surface area contributed by atoms with E-state index in [-0.39, 0.29) is 32.1 Å². The number of carbonyl (C=O) groups is 2. The van der Waals surface area contributed by atoms with Crippen LogP contribution in [0.5, 0.6) is 0 Å². The number of carbonyl (C=O) groups excluding carboxylic acids is 2. The van der Waals surface area contributed by atoms with E-state index < -0.39 is 26.5 Å². The van der Waals surface area contributed by atoms with Gasteiger partial charge in [0.25, 0.3) is 0 Å². The summed E-state index contributed by atoms with van der Waals surface area (Å²) in [5.41, 5.74) is 0. The number of allylic oxidation sites excluding steroid dienone is 8. The number of esters is 1. The molecular formula is C37H66NO8P. The molecule has 0 saturated carbocycles. The van der Waals surface area contributed by atoms with Crippen molar-refractivity contribution >= 4 is 19.7 Å². The monoisotopic (exact) mass is 683 g/mol. The van der Waals surface area contributed by atoms with Gasteiger partial charge >= 0.3 is 13.8 Å². The summed E-state index contributed by atoms with van der Waals surface area (Å²) in [5.74, 6) is -0.551. The van der Waals surface area contributed by atoms with Crippen molar-refractivity contribution in [2.75, 3.05) is 26.4 Å². The van der Waals surface area contributed by atoms with E-state index in [0.29, 0.717) is 6.42 Å². The van der Waals surface area contributed by atoms with E-state index in [1.165, 1.54) is 12.8 Å². The number of phosphoric acid groups is 1. The number of amides is 1. The number of ether oxygens (including phenoxy) is 1. The first kappa shape index (κ1) is 45.0. The van der Waals surface area contributed by atoms with E-state index in [1.807, 2.05) is 0 Å². The lowest BCUT2D eigenvalue weighted by molar-refractivity contribution is -0.147. The smallest absolute Gasteiger partial charge is 0.463 e. The van der Waals surface area contributed by atoms with Gasteiger partial charge in [0.05, 0.1) is 13.2 Å². The van der Waals surface area contributed by atoms with Crippen LogP contribution in [-0.4, -0.2) is 54.3 Å². The van der Waals surface area contributed by atoms with Crippen LogP contribution < -0.4 is 5.32 Å². The van der Waals surface area contributed by atoms with E-state index in [1.54, 1.807) is 0 Å². The molecule has 0 aliphatic heterocycles. The van der Waals surface area contributed by atoms with Gasteiger partial charge in [0, 0.05) is 19.4 Å². The molecule has 10 heteroatoms. The highest BCUT2D eigenvalue weighted by Gasteiger charge is 2.23. The predicted molar refractivity (Wildman–Crippen MR) is 192 cm³/mol. The van der Waals surface area contributed by atoms with Gasteiger partial charge in [-0.25, -0.2) is 4.57 Å². The molecule has 0 heterocycles. The zero-order valence-corrected chi connectivity index (χ0v) is 30.4. The predicted octanol–water partition coefficient (Wildman–Crippen LogP) is 9.21. The van der Waals surface area contributed by atoms with E-state index in [4.69, 9.17) is 13.8 Å². The fourth-order valence-electron chi connectivity index (χ4n) is 4.45. The third kappa shape index (κ3) is 35.1. The van der Waals surface area contributed by atoms with Crippen molar-refractivity contribution in [3.05, 3.63) is 48.6 Å². The number of nitrogens with one attached hydrogen (secondary N) is 1. The molecule has 0 spiro atoms. The van der Waals surface area contributed by atoms with E-state index in [9.17, 15) is 24.2 Å². The Kier molecular flexibility index (Phi) is 32.4.